The zero-order chi connectivity index (χ0) is 19.7. The average Bonchev–Trinajstić information content (AvgIpc) is 3.38. The molecule has 0 atom stereocenters. The lowest BCUT2D eigenvalue weighted by molar-refractivity contribution is 0.103. The van der Waals surface area contributed by atoms with Gasteiger partial charge in [0.05, 0.1) is 16.3 Å². The Morgan fingerprint density at radius 2 is 2.11 bits per heavy atom. The van der Waals surface area contributed by atoms with Crippen LogP contribution < -0.4 is 5.32 Å². The number of hydrogen-bond donors (Lipinski definition) is 1. The molecule has 0 aliphatic carbocycles. The number of fused-ring (bicyclic) bond motifs is 1. The van der Waals surface area contributed by atoms with Crippen LogP contribution in [-0.2, 0) is 0 Å². The van der Waals surface area contributed by atoms with Crippen LogP contribution >= 0.6 is 34.4 Å². The molecule has 10 heteroatoms. The molecule has 4 rings (SSSR count). The van der Waals surface area contributed by atoms with E-state index in [0.29, 0.717) is 10.0 Å². The van der Waals surface area contributed by atoms with Crippen LogP contribution in [0.1, 0.15) is 15.4 Å². The predicted octanol–water partition coefficient (Wildman–Crippen LogP) is 4.92. The third-order valence-electron chi connectivity index (χ3n) is 3.79. The highest BCUT2D eigenvalue weighted by atomic mass is 32.2. The number of nitrogens with zero attached hydrogens (tertiary/aromatic N) is 4. The van der Waals surface area contributed by atoms with Crippen molar-refractivity contribution in [2.75, 3.05) is 11.1 Å². The molecule has 3 heterocycles. The number of rotatable bonds is 6. The van der Waals surface area contributed by atoms with Crippen molar-refractivity contribution in [1.82, 2.24) is 20.0 Å². The van der Waals surface area contributed by atoms with E-state index >= 15 is 0 Å². The van der Waals surface area contributed by atoms with Gasteiger partial charge in [-0.15, -0.1) is 28.1 Å². The lowest BCUT2D eigenvalue weighted by Gasteiger charge is -2.02. The molecule has 28 heavy (non-hydrogen) atoms. The van der Waals surface area contributed by atoms with Crippen molar-refractivity contribution in [1.29, 1.82) is 0 Å². The van der Waals surface area contributed by atoms with Crippen molar-refractivity contribution in [2.45, 2.75) is 11.3 Å². The minimum atomic E-state index is -0.308. The molecule has 0 bridgehead atoms. The van der Waals surface area contributed by atoms with Crippen LogP contribution in [0.15, 0.2) is 47.3 Å². The number of thiophene rings is 1. The van der Waals surface area contributed by atoms with Crippen LogP contribution in [0.2, 0.25) is 0 Å². The molecule has 0 radical (unpaired) electrons. The van der Waals surface area contributed by atoms with Crippen molar-refractivity contribution < 1.29 is 9.18 Å². The maximum absolute atomic E-state index is 13.2. The molecule has 1 aromatic carbocycles. The maximum Gasteiger partial charge on any atom is 0.267 e. The molecule has 6 nitrogen and oxygen atoms in total. The van der Waals surface area contributed by atoms with Crippen LogP contribution in [0.3, 0.4) is 0 Å². The number of carbonyl (C=O) groups is 1. The highest BCUT2D eigenvalue weighted by Crippen LogP contribution is 2.31. The lowest BCUT2D eigenvalue weighted by atomic mass is 10.3. The second kappa shape index (κ2) is 7.82. The molecule has 0 saturated carbocycles. The van der Waals surface area contributed by atoms with Gasteiger partial charge in [0.15, 0.2) is 4.34 Å². The maximum atomic E-state index is 13.2. The quantitative estimate of drug-likeness (QED) is 0.267. The second-order valence-electron chi connectivity index (χ2n) is 5.73. The molecule has 0 unspecified atom stereocenters. The minimum absolute atomic E-state index is 0.248. The van der Waals surface area contributed by atoms with Gasteiger partial charge in [-0.25, -0.2) is 9.07 Å². The van der Waals surface area contributed by atoms with E-state index < -0.39 is 0 Å². The van der Waals surface area contributed by atoms with Gasteiger partial charge >= 0.3 is 0 Å². The van der Waals surface area contributed by atoms with E-state index in [2.05, 4.69) is 27.2 Å². The van der Waals surface area contributed by atoms with Gasteiger partial charge in [0.2, 0.25) is 5.13 Å². The Balaban J connectivity index is 1.60. The first kappa shape index (κ1) is 18.8. The highest BCUT2D eigenvalue weighted by molar-refractivity contribution is 8.01. The Kier molecular flexibility index (Phi) is 5.25. The normalized spacial score (nSPS) is 11.1. The summed E-state index contributed by atoms with van der Waals surface area (Å²) in [5.41, 5.74) is 1.54. The zero-order valence-electron chi connectivity index (χ0n) is 14.7. The molecule has 142 valence electrons. The van der Waals surface area contributed by atoms with Crippen LogP contribution in [0.25, 0.3) is 15.9 Å². The molecular formula is C18H14FN5OS3. The van der Waals surface area contributed by atoms with E-state index in [9.17, 15) is 9.18 Å². The number of aromatic nitrogens is 4. The monoisotopic (exact) mass is 431 g/mol. The first-order valence-corrected chi connectivity index (χ1v) is 10.8. The Bertz CT molecular complexity index is 1160. The summed E-state index contributed by atoms with van der Waals surface area (Å²) in [7, 11) is 0. The summed E-state index contributed by atoms with van der Waals surface area (Å²) in [6.07, 6.45) is 1.79. The van der Waals surface area contributed by atoms with Crippen LogP contribution in [-0.4, -0.2) is 31.6 Å². The summed E-state index contributed by atoms with van der Waals surface area (Å²) in [6, 6.07) is 7.90. The summed E-state index contributed by atoms with van der Waals surface area (Å²) in [5.74, 6) is 0.179. The van der Waals surface area contributed by atoms with Crippen molar-refractivity contribution in [3.63, 3.8) is 0 Å². The largest absolute Gasteiger partial charge is 0.296 e. The van der Waals surface area contributed by atoms with Crippen LogP contribution in [0, 0.1) is 12.7 Å². The van der Waals surface area contributed by atoms with Gasteiger partial charge in [0.1, 0.15) is 10.6 Å². The SMILES string of the molecule is C=CCSc1nnc(NC(=O)c2cc3c(C)nn(-c4ccc(F)cc4)c3s2)s1. The van der Waals surface area contributed by atoms with E-state index in [1.165, 1.54) is 46.6 Å². The first-order valence-electron chi connectivity index (χ1n) is 8.19. The van der Waals surface area contributed by atoms with Gasteiger partial charge in [0, 0.05) is 11.1 Å². The van der Waals surface area contributed by atoms with Gasteiger partial charge in [-0.1, -0.05) is 29.2 Å². The number of amides is 1. The lowest BCUT2D eigenvalue weighted by Crippen LogP contribution is -2.09. The summed E-state index contributed by atoms with van der Waals surface area (Å²) in [5, 5.41) is 16.7. The van der Waals surface area contributed by atoms with Crippen molar-refractivity contribution in [2.24, 2.45) is 0 Å². The number of halogens is 1. The number of thioether (sulfide) groups is 1. The van der Waals surface area contributed by atoms with Crippen molar-refractivity contribution >= 4 is 55.7 Å². The minimum Gasteiger partial charge on any atom is -0.296 e. The summed E-state index contributed by atoms with van der Waals surface area (Å²) >= 11 is 4.16. The molecule has 0 aliphatic rings. The third-order valence-corrected chi connectivity index (χ3v) is 6.87. The van der Waals surface area contributed by atoms with Gasteiger partial charge in [-0.3, -0.25) is 10.1 Å². The molecule has 3 aromatic heterocycles. The van der Waals surface area contributed by atoms with Crippen molar-refractivity contribution in [3.05, 3.63) is 59.4 Å². The number of anilines is 1. The third kappa shape index (κ3) is 3.71. The number of hydrogen-bond acceptors (Lipinski definition) is 7. The Morgan fingerprint density at radius 1 is 1.32 bits per heavy atom. The molecule has 1 N–H and O–H groups in total. The number of benzene rings is 1. The summed E-state index contributed by atoms with van der Waals surface area (Å²) in [4.78, 5) is 14.0. The van der Waals surface area contributed by atoms with E-state index in [1.54, 1.807) is 22.9 Å². The predicted molar refractivity (Wildman–Crippen MR) is 112 cm³/mol. The average molecular weight is 432 g/mol. The first-order chi connectivity index (χ1) is 13.5. The fourth-order valence-corrected chi connectivity index (χ4v) is 5.11. The van der Waals surface area contributed by atoms with Gasteiger partial charge in [-0.2, -0.15) is 5.10 Å². The van der Waals surface area contributed by atoms with E-state index in [-0.39, 0.29) is 11.7 Å². The summed E-state index contributed by atoms with van der Waals surface area (Å²) < 4.78 is 15.7. The van der Waals surface area contributed by atoms with E-state index in [1.807, 2.05) is 13.0 Å². The number of nitrogens with one attached hydrogen (secondary N) is 1. The van der Waals surface area contributed by atoms with E-state index in [0.717, 1.165) is 31.7 Å². The Labute approximate surface area is 172 Å². The molecule has 0 fully saturated rings. The van der Waals surface area contributed by atoms with Gasteiger partial charge in [-0.05, 0) is 37.3 Å². The Hall–Kier alpha value is -2.56. The fourth-order valence-electron chi connectivity index (χ4n) is 2.52. The van der Waals surface area contributed by atoms with Crippen molar-refractivity contribution in [3.8, 4) is 5.69 Å². The number of carbonyl (C=O) groups excluding carboxylic acids is 1. The molecule has 1 amide bonds. The van der Waals surface area contributed by atoms with Crippen LogP contribution in [0.4, 0.5) is 9.52 Å². The highest BCUT2D eigenvalue weighted by Gasteiger charge is 2.18. The van der Waals surface area contributed by atoms with E-state index in [4.69, 9.17) is 0 Å². The standard InChI is InChI=1S/C18H14FN5OS3/c1-3-8-26-18-22-21-17(28-18)20-15(25)14-9-13-10(2)23-24(16(13)27-14)12-6-4-11(19)5-7-12/h3-7,9H,1,8H2,2H3,(H,20,21,25). The molecule has 4 aromatic rings. The topological polar surface area (TPSA) is 72.7 Å². The zero-order valence-corrected chi connectivity index (χ0v) is 17.1. The van der Waals surface area contributed by atoms with Gasteiger partial charge in [0.25, 0.3) is 5.91 Å². The Morgan fingerprint density at radius 3 is 2.86 bits per heavy atom. The van der Waals surface area contributed by atoms with Crippen LogP contribution in [0.5, 0.6) is 0 Å². The smallest absolute Gasteiger partial charge is 0.267 e. The number of aryl methyl sites for hydroxylation is 1. The molecule has 0 saturated heterocycles. The van der Waals surface area contributed by atoms with Gasteiger partial charge < -0.3 is 0 Å². The molecular weight excluding hydrogens is 417 g/mol. The molecule has 0 spiro atoms. The molecule has 0 aliphatic heterocycles. The summed E-state index contributed by atoms with van der Waals surface area (Å²) in [6.45, 7) is 5.55. The fraction of sp³-hybridized carbons (Fsp3) is 0.111. The second-order valence-corrected chi connectivity index (χ2v) is 9.01.